The number of nitrogens with zero attached hydrogens (tertiary/aromatic N) is 1. The lowest BCUT2D eigenvalue weighted by Crippen LogP contribution is -2.10. The minimum absolute atomic E-state index is 0.0184. The lowest BCUT2D eigenvalue weighted by atomic mass is 10.1. The standard InChI is InChI=1S/C15H9Cl3F2N2O4/c1-5(23)21-9-4-8(22-14(12(9)18)26-15(24)25)6-2-3-7(16)10(11(6)17)13(19)20/h2-4,13H,1H3,(H,24,25)(H,21,22,23). The number of alkyl halides is 2. The molecule has 0 aliphatic carbocycles. The van der Waals surface area contributed by atoms with Crippen LogP contribution in [-0.4, -0.2) is 22.2 Å². The maximum Gasteiger partial charge on any atom is 0.512 e. The van der Waals surface area contributed by atoms with Gasteiger partial charge in [0.05, 0.1) is 27.0 Å². The molecule has 6 nitrogen and oxygen atoms in total. The Kier molecular flexibility index (Phi) is 6.22. The number of carboxylic acid groups (broad SMARTS) is 1. The molecule has 26 heavy (non-hydrogen) atoms. The van der Waals surface area contributed by atoms with Gasteiger partial charge in [0.25, 0.3) is 6.43 Å². The molecule has 0 radical (unpaired) electrons. The Bertz CT molecular complexity index is 856. The van der Waals surface area contributed by atoms with Crippen molar-refractivity contribution in [2.75, 3.05) is 5.32 Å². The summed E-state index contributed by atoms with van der Waals surface area (Å²) in [6, 6.07) is 3.74. The second kappa shape index (κ2) is 8.03. The first-order valence-corrected chi connectivity index (χ1v) is 7.90. The molecule has 0 aliphatic heterocycles. The largest absolute Gasteiger partial charge is 0.512 e. The third kappa shape index (κ3) is 4.32. The van der Waals surface area contributed by atoms with Crippen LogP contribution in [0.4, 0.5) is 19.3 Å². The van der Waals surface area contributed by atoms with Gasteiger partial charge in [0.1, 0.15) is 5.02 Å². The number of rotatable bonds is 4. The lowest BCUT2D eigenvalue weighted by Gasteiger charge is -2.14. The van der Waals surface area contributed by atoms with Crippen molar-refractivity contribution in [1.29, 1.82) is 0 Å². The molecule has 2 N–H and O–H groups in total. The molecule has 0 atom stereocenters. The fourth-order valence-electron chi connectivity index (χ4n) is 2.04. The van der Waals surface area contributed by atoms with Crippen LogP contribution in [-0.2, 0) is 4.79 Å². The number of carbonyl (C=O) groups excluding carboxylic acids is 1. The van der Waals surface area contributed by atoms with Crippen LogP contribution in [0, 0.1) is 0 Å². The van der Waals surface area contributed by atoms with Gasteiger partial charge in [-0.05, 0) is 18.2 Å². The summed E-state index contributed by atoms with van der Waals surface area (Å²) >= 11 is 17.7. The second-order valence-electron chi connectivity index (χ2n) is 4.85. The van der Waals surface area contributed by atoms with Crippen molar-refractivity contribution in [1.82, 2.24) is 4.98 Å². The maximum absolute atomic E-state index is 13.2. The molecule has 1 heterocycles. The van der Waals surface area contributed by atoms with Crippen molar-refractivity contribution >= 4 is 52.6 Å². The van der Waals surface area contributed by atoms with E-state index in [4.69, 9.17) is 39.9 Å². The van der Waals surface area contributed by atoms with Crippen molar-refractivity contribution in [2.45, 2.75) is 13.3 Å². The van der Waals surface area contributed by atoms with Crippen LogP contribution in [0.5, 0.6) is 5.88 Å². The Morgan fingerprint density at radius 2 is 1.88 bits per heavy atom. The zero-order chi connectivity index (χ0) is 19.6. The minimum atomic E-state index is -2.95. The summed E-state index contributed by atoms with van der Waals surface area (Å²) < 4.78 is 30.8. The van der Waals surface area contributed by atoms with E-state index in [0.717, 1.165) is 0 Å². The number of ether oxygens (including phenoxy) is 1. The van der Waals surface area contributed by atoms with E-state index in [9.17, 15) is 18.4 Å². The van der Waals surface area contributed by atoms with Gasteiger partial charge in [-0.15, -0.1) is 0 Å². The first-order chi connectivity index (χ1) is 12.1. The van der Waals surface area contributed by atoms with Crippen molar-refractivity contribution in [3.8, 4) is 17.1 Å². The van der Waals surface area contributed by atoms with Gasteiger partial charge >= 0.3 is 6.16 Å². The number of halogens is 5. The van der Waals surface area contributed by atoms with Crippen LogP contribution < -0.4 is 10.1 Å². The molecule has 138 valence electrons. The Morgan fingerprint density at radius 1 is 1.23 bits per heavy atom. The SMILES string of the molecule is CC(=O)Nc1cc(-c2ccc(Cl)c(C(F)F)c2Cl)nc(OC(=O)O)c1Cl. The smallest absolute Gasteiger partial charge is 0.449 e. The lowest BCUT2D eigenvalue weighted by molar-refractivity contribution is -0.114. The van der Waals surface area contributed by atoms with Gasteiger partial charge in [-0.25, -0.2) is 18.6 Å². The minimum Gasteiger partial charge on any atom is -0.449 e. The molecule has 0 bridgehead atoms. The van der Waals surface area contributed by atoms with Crippen LogP contribution in [0.3, 0.4) is 0 Å². The first-order valence-electron chi connectivity index (χ1n) is 6.77. The van der Waals surface area contributed by atoms with Crippen LogP contribution in [0.1, 0.15) is 18.9 Å². The average molecular weight is 426 g/mol. The Morgan fingerprint density at radius 3 is 2.42 bits per heavy atom. The number of hydrogen-bond donors (Lipinski definition) is 2. The van der Waals surface area contributed by atoms with Crippen molar-refractivity contribution in [3.05, 3.63) is 38.8 Å². The van der Waals surface area contributed by atoms with E-state index in [1.807, 2.05) is 0 Å². The molecule has 0 saturated carbocycles. The average Bonchev–Trinajstić information content (AvgIpc) is 2.50. The van der Waals surface area contributed by atoms with Gasteiger partial charge in [0.2, 0.25) is 11.8 Å². The molecule has 0 aliphatic rings. The topological polar surface area (TPSA) is 88.5 Å². The van der Waals surface area contributed by atoms with Crippen LogP contribution in [0.2, 0.25) is 15.1 Å². The molecular weight excluding hydrogens is 417 g/mol. The van der Waals surface area contributed by atoms with Gasteiger partial charge < -0.3 is 15.2 Å². The number of amides is 1. The molecule has 2 rings (SSSR count). The fraction of sp³-hybridized carbons (Fsp3) is 0.133. The van der Waals surface area contributed by atoms with E-state index in [2.05, 4.69) is 15.0 Å². The summed E-state index contributed by atoms with van der Waals surface area (Å²) in [5.41, 5.74) is -0.683. The van der Waals surface area contributed by atoms with Crippen molar-refractivity contribution < 1.29 is 28.2 Å². The highest BCUT2D eigenvalue weighted by molar-refractivity contribution is 6.38. The number of hydrogen-bond acceptors (Lipinski definition) is 4. The summed E-state index contributed by atoms with van der Waals surface area (Å²) in [6.07, 6.45) is -4.66. The van der Waals surface area contributed by atoms with E-state index in [1.54, 1.807) is 0 Å². The first kappa shape index (κ1) is 20.2. The third-order valence-corrected chi connectivity index (χ3v) is 4.14. The molecule has 2 aromatic rings. The monoisotopic (exact) mass is 424 g/mol. The molecule has 1 amide bonds. The van der Waals surface area contributed by atoms with Gasteiger partial charge in [0.15, 0.2) is 0 Å². The number of carbonyl (C=O) groups is 2. The van der Waals surface area contributed by atoms with Crippen LogP contribution >= 0.6 is 34.8 Å². The van der Waals surface area contributed by atoms with E-state index >= 15 is 0 Å². The highest BCUT2D eigenvalue weighted by Gasteiger charge is 2.23. The normalized spacial score (nSPS) is 10.7. The predicted octanol–water partition coefficient (Wildman–Crippen LogP) is 5.66. The fourth-order valence-corrected chi connectivity index (χ4v) is 2.86. The van der Waals surface area contributed by atoms with E-state index < -0.39 is 29.9 Å². The summed E-state index contributed by atoms with van der Waals surface area (Å²) in [4.78, 5) is 26.0. The van der Waals surface area contributed by atoms with Gasteiger partial charge in [-0.2, -0.15) is 0 Å². The second-order valence-corrected chi connectivity index (χ2v) is 6.01. The molecule has 11 heteroatoms. The van der Waals surface area contributed by atoms with Crippen molar-refractivity contribution in [3.63, 3.8) is 0 Å². The highest BCUT2D eigenvalue weighted by Crippen LogP contribution is 2.42. The maximum atomic E-state index is 13.2. The van der Waals surface area contributed by atoms with Crippen LogP contribution in [0.25, 0.3) is 11.3 Å². The number of anilines is 1. The Hall–Kier alpha value is -2.16. The summed E-state index contributed by atoms with van der Waals surface area (Å²) in [6.45, 7) is 1.19. The summed E-state index contributed by atoms with van der Waals surface area (Å²) in [7, 11) is 0. The molecular formula is C15H9Cl3F2N2O4. The number of aromatic nitrogens is 1. The van der Waals surface area contributed by atoms with Gasteiger partial charge in [0, 0.05) is 12.5 Å². The Labute approximate surface area is 160 Å². The zero-order valence-electron chi connectivity index (χ0n) is 12.8. The molecule has 0 saturated heterocycles. The van der Waals surface area contributed by atoms with Gasteiger partial charge in [-0.3, -0.25) is 4.79 Å². The molecule has 0 fully saturated rings. The third-order valence-electron chi connectivity index (χ3n) is 3.04. The van der Waals surface area contributed by atoms with E-state index in [0.29, 0.717) is 0 Å². The number of benzene rings is 1. The van der Waals surface area contributed by atoms with Crippen molar-refractivity contribution in [2.24, 2.45) is 0 Å². The summed E-state index contributed by atoms with van der Waals surface area (Å²) in [5, 5.41) is 10.2. The number of pyridine rings is 1. The molecule has 0 unspecified atom stereocenters. The number of nitrogens with one attached hydrogen (secondary N) is 1. The molecule has 0 spiro atoms. The van der Waals surface area contributed by atoms with Gasteiger partial charge in [-0.1, -0.05) is 34.8 Å². The zero-order valence-corrected chi connectivity index (χ0v) is 15.1. The predicted molar refractivity (Wildman–Crippen MR) is 92.6 cm³/mol. The molecule has 1 aromatic carbocycles. The van der Waals surface area contributed by atoms with E-state index in [-0.39, 0.29) is 32.0 Å². The van der Waals surface area contributed by atoms with E-state index in [1.165, 1.54) is 25.1 Å². The highest BCUT2D eigenvalue weighted by atomic mass is 35.5. The Balaban J connectivity index is 2.71. The molecule has 1 aromatic heterocycles. The summed E-state index contributed by atoms with van der Waals surface area (Å²) in [5.74, 6) is -1.06. The van der Waals surface area contributed by atoms with Crippen LogP contribution in [0.15, 0.2) is 18.2 Å². The quantitative estimate of drug-likeness (QED) is 0.617.